The molecule has 0 fully saturated rings. The van der Waals surface area contributed by atoms with E-state index in [1.165, 1.54) is 0 Å². The standard InChI is InChI=1S/C15H9F7O/c16-10-7-5-9(6-8-10)13(23,14(18,19)15(20,21)22)11-3-1-2-4-12(11)17/h1-8,23H. The molecule has 1 nitrogen and oxygen atoms in total. The molecule has 124 valence electrons. The average molecular weight is 338 g/mol. The van der Waals surface area contributed by atoms with Crippen molar-refractivity contribution in [3.8, 4) is 0 Å². The largest absolute Gasteiger partial charge is 0.457 e. The number of hydrogen-bond acceptors (Lipinski definition) is 1. The quantitative estimate of drug-likeness (QED) is 0.823. The summed E-state index contributed by atoms with van der Waals surface area (Å²) in [6, 6.07) is 5.58. The van der Waals surface area contributed by atoms with Crippen molar-refractivity contribution >= 4 is 0 Å². The predicted octanol–water partition coefficient (Wildman–Crippen LogP) is 4.40. The van der Waals surface area contributed by atoms with Crippen LogP contribution in [-0.4, -0.2) is 17.2 Å². The van der Waals surface area contributed by atoms with E-state index in [1.54, 1.807) is 0 Å². The van der Waals surface area contributed by atoms with E-state index < -0.39 is 40.5 Å². The molecule has 0 aliphatic heterocycles. The smallest absolute Gasteiger partial charge is 0.374 e. The van der Waals surface area contributed by atoms with E-state index in [1.807, 2.05) is 0 Å². The Labute approximate surface area is 126 Å². The molecule has 1 unspecified atom stereocenters. The molecule has 0 saturated carbocycles. The highest BCUT2D eigenvalue weighted by Gasteiger charge is 2.71. The number of hydrogen-bond donors (Lipinski definition) is 1. The Morgan fingerprint density at radius 1 is 0.739 bits per heavy atom. The topological polar surface area (TPSA) is 20.2 Å². The molecular weight excluding hydrogens is 329 g/mol. The van der Waals surface area contributed by atoms with Gasteiger partial charge in [0.1, 0.15) is 11.6 Å². The molecule has 2 rings (SSSR count). The van der Waals surface area contributed by atoms with Crippen LogP contribution in [0.2, 0.25) is 0 Å². The molecule has 0 aliphatic rings. The number of alkyl halides is 5. The molecule has 23 heavy (non-hydrogen) atoms. The van der Waals surface area contributed by atoms with Gasteiger partial charge >= 0.3 is 12.1 Å². The van der Waals surface area contributed by atoms with Gasteiger partial charge in [0.25, 0.3) is 0 Å². The minimum Gasteiger partial charge on any atom is -0.374 e. The molecular formula is C15H9F7O. The summed E-state index contributed by atoms with van der Waals surface area (Å²) < 4.78 is 93.2. The Kier molecular flexibility index (Phi) is 4.14. The first-order valence-electron chi connectivity index (χ1n) is 6.20. The van der Waals surface area contributed by atoms with Crippen molar-refractivity contribution in [2.75, 3.05) is 0 Å². The van der Waals surface area contributed by atoms with E-state index in [9.17, 15) is 35.8 Å². The van der Waals surface area contributed by atoms with Crippen molar-refractivity contribution in [3.05, 3.63) is 71.3 Å². The minimum atomic E-state index is -6.17. The summed E-state index contributed by atoms with van der Waals surface area (Å²) in [7, 11) is 0. The van der Waals surface area contributed by atoms with Crippen molar-refractivity contribution in [2.24, 2.45) is 0 Å². The lowest BCUT2D eigenvalue weighted by molar-refractivity contribution is -0.337. The molecule has 1 atom stereocenters. The Balaban J connectivity index is 2.80. The van der Waals surface area contributed by atoms with E-state index >= 15 is 0 Å². The second-order valence-corrected chi connectivity index (χ2v) is 4.77. The third-order valence-electron chi connectivity index (χ3n) is 3.34. The second kappa shape index (κ2) is 5.52. The van der Waals surface area contributed by atoms with Gasteiger partial charge in [0.2, 0.25) is 0 Å². The lowest BCUT2D eigenvalue weighted by Gasteiger charge is -2.37. The second-order valence-electron chi connectivity index (χ2n) is 4.77. The van der Waals surface area contributed by atoms with Gasteiger partial charge in [-0.15, -0.1) is 0 Å². The first-order valence-corrected chi connectivity index (χ1v) is 6.20. The maximum Gasteiger partial charge on any atom is 0.457 e. The molecule has 0 saturated heterocycles. The van der Waals surface area contributed by atoms with Crippen LogP contribution in [0.3, 0.4) is 0 Å². The van der Waals surface area contributed by atoms with E-state index in [2.05, 4.69) is 0 Å². The van der Waals surface area contributed by atoms with Crippen LogP contribution in [0.15, 0.2) is 48.5 Å². The molecule has 0 aromatic heterocycles. The van der Waals surface area contributed by atoms with E-state index in [4.69, 9.17) is 0 Å². The fraction of sp³-hybridized carbons (Fsp3) is 0.200. The predicted molar refractivity (Wildman–Crippen MR) is 66.8 cm³/mol. The van der Waals surface area contributed by atoms with Crippen LogP contribution >= 0.6 is 0 Å². The molecule has 0 heterocycles. The van der Waals surface area contributed by atoms with Crippen LogP contribution in [0.4, 0.5) is 30.7 Å². The monoisotopic (exact) mass is 338 g/mol. The zero-order valence-electron chi connectivity index (χ0n) is 11.2. The van der Waals surface area contributed by atoms with Gasteiger partial charge in [0.15, 0.2) is 5.60 Å². The van der Waals surface area contributed by atoms with Crippen molar-refractivity contribution in [3.63, 3.8) is 0 Å². The number of aliphatic hydroxyl groups is 1. The summed E-state index contributed by atoms with van der Waals surface area (Å²) in [6.45, 7) is 0. The van der Waals surface area contributed by atoms with Gasteiger partial charge < -0.3 is 5.11 Å². The molecule has 8 heteroatoms. The number of halogens is 7. The first kappa shape index (κ1) is 17.3. The molecule has 0 spiro atoms. The van der Waals surface area contributed by atoms with Gasteiger partial charge in [-0.1, -0.05) is 30.3 Å². The fourth-order valence-corrected chi connectivity index (χ4v) is 2.16. The summed E-state index contributed by atoms with van der Waals surface area (Å²) in [5.74, 6) is -8.09. The molecule has 0 aliphatic carbocycles. The summed E-state index contributed by atoms with van der Waals surface area (Å²) in [4.78, 5) is 0. The lowest BCUT2D eigenvalue weighted by atomic mass is 9.80. The lowest BCUT2D eigenvalue weighted by Crippen LogP contribution is -2.56. The third-order valence-corrected chi connectivity index (χ3v) is 3.34. The minimum absolute atomic E-state index is 0.543. The van der Waals surface area contributed by atoms with Crippen LogP contribution in [0.1, 0.15) is 11.1 Å². The summed E-state index contributed by atoms with van der Waals surface area (Å²) >= 11 is 0. The van der Waals surface area contributed by atoms with Gasteiger partial charge in [0.05, 0.1) is 0 Å². The van der Waals surface area contributed by atoms with E-state index in [0.29, 0.717) is 36.4 Å². The van der Waals surface area contributed by atoms with Crippen LogP contribution in [-0.2, 0) is 5.60 Å². The molecule has 0 radical (unpaired) electrons. The zero-order valence-corrected chi connectivity index (χ0v) is 11.2. The summed E-state index contributed by atoms with van der Waals surface area (Å²) in [5.41, 5.74) is -6.31. The molecule has 1 N–H and O–H groups in total. The van der Waals surface area contributed by atoms with Crippen LogP contribution < -0.4 is 0 Å². The Bertz CT molecular complexity index is 694. The van der Waals surface area contributed by atoms with Crippen molar-refractivity contribution in [1.29, 1.82) is 0 Å². The molecule has 2 aromatic carbocycles. The fourth-order valence-electron chi connectivity index (χ4n) is 2.16. The third kappa shape index (κ3) is 2.67. The average Bonchev–Trinajstić information content (AvgIpc) is 2.46. The Morgan fingerprint density at radius 2 is 1.26 bits per heavy atom. The maximum absolute atomic E-state index is 14.0. The van der Waals surface area contributed by atoms with Gasteiger partial charge in [-0.05, 0) is 23.8 Å². The van der Waals surface area contributed by atoms with Crippen LogP contribution in [0, 0.1) is 11.6 Å². The van der Waals surface area contributed by atoms with Crippen LogP contribution in [0.5, 0.6) is 0 Å². The maximum atomic E-state index is 14.0. The van der Waals surface area contributed by atoms with Gasteiger partial charge in [-0.25, -0.2) is 8.78 Å². The first-order chi connectivity index (χ1) is 10.5. The van der Waals surface area contributed by atoms with Gasteiger partial charge in [0, 0.05) is 5.56 Å². The SMILES string of the molecule is OC(c1ccc(F)cc1)(c1ccccc1F)C(F)(F)C(F)(F)F. The van der Waals surface area contributed by atoms with Crippen LogP contribution in [0.25, 0.3) is 0 Å². The van der Waals surface area contributed by atoms with Gasteiger partial charge in [-0.2, -0.15) is 22.0 Å². The van der Waals surface area contributed by atoms with Gasteiger partial charge in [-0.3, -0.25) is 0 Å². The van der Waals surface area contributed by atoms with E-state index in [0.717, 1.165) is 12.1 Å². The normalized spacial score (nSPS) is 15.3. The molecule has 2 aromatic rings. The highest BCUT2D eigenvalue weighted by atomic mass is 19.4. The Morgan fingerprint density at radius 3 is 1.74 bits per heavy atom. The number of benzene rings is 2. The molecule has 0 amide bonds. The van der Waals surface area contributed by atoms with Crippen molar-refractivity contribution in [2.45, 2.75) is 17.7 Å². The summed E-state index contributed by atoms with van der Waals surface area (Å²) in [5, 5.41) is 10.3. The highest BCUT2D eigenvalue weighted by Crippen LogP contribution is 2.52. The Hall–Kier alpha value is -2.09. The number of rotatable bonds is 3. The van der Waals surface area contributed by atoms with E-state index in [-0.39, 0.29) is 0 Å². The van der Waals surface area contributed by atoms with Crippen molar-refractivity contribution < 1.29 is 35.8 Å². The highest BCUT2D eigenvalue weighted by molar-refractivity contribution is 5.40. The summed E-state index contributed by atoms with van der Waals surface area (Å²) in [6.07, 6.45) is -6.17. The molecule has 0 bridgehead atoms. The zero-order chi connectivity index (χ0) is 17.5. The van der Waals surface area contributed by atoms with Crippen molar-refractivity contribution in [1.82, 2.24) is 0 Å².